The molecule has 0 aliphatic rings. The third-order valence-corrected chi connectivity index (χ3v) is 3.25. The largest absolute Gasteiger partial charge is 0.383 e. The Kier molecular flexibility index (Phi) is 4.92. The number of hydrogen-bond acceptors (Lipinski definition) is 3. The summed E-state index contributed by atoms with van der Waals surface area (Å²) in [6, 6.07) is 8.03. The van der Waals surface area contributed by atoms with E-state index >= 15 is 0 Å². The number of aromatic nitrogens is 2. The molecular weight excluding hydrogens is 294 g/mol. The van der Waals surface area contributed by atoms with Crippen molar-refractivity contribution >= 4 is 15.9 Å². The first-order chi connectivity index (χ1) is 8.81. The van der Waals surface area contributed by atoms with Crippen LogP contribution < -0.4 is 5.32 Å². The van der Waals surface area contributed by atoms with Crippen molar-refractivity contribution in [2.75, 3.05) is 20.3 Å². The van der Waals surface area contributed by atoms with E-state index in [4.69, 9.17) is 4.74 Å². The van der Waals surface area contributed by atoms with E-state index in [-0.39, 0.29) is 0 Å². The molecule has 2 aromatic rings. The van der Waals surface area contributed by atoms with Crippen molar-refractivity contribution in [1.29, 1.82) is 0 Å². The lowest BCUT2D eigenvalue weighted by molar-refractivity contribution is 0.199. The quantitative estimate of drug-likeness (QED) is 0.806. The Morgan fingerprint density at radius 2 is 2.22 bits per heavy atom. The molecule has 1 heterocycles. The lowest BCUT2D eigenvalue weighted by Crippen LogP contribution is -2.18. The van der Waals surface area contributed by atoms with Gasteiger partial charge < -0.3 is 15.0 Å². The second kappa shape index (κ2) is 6.68. The van der Waals surface area contributed by atoms with E-state index < -0.39 is 0 Å². The lowest BCUT2D eigenvalue weighted by atomic mass is 10.2. The molecule has 2 rings (SSSR count). The van der Waals surface area contributed by atoms with E-state index in [2.05, 4.69) is 31.2 Å². The predicted octanol–water partition coefficient (Wildman–Crippen LogP) is 2.58. The minimum absolute atomic E-state index is 0.714. The molecule has 0 atom stereocenters. The van der Waals surface area contributed by atoms with Crippen LogP contribution >= 0.6 is 15.9 Å². The maximum Gasteiger partial charge on any atom is 0.138 e. The van der Waals surface area contributed by atoms with Crippen molar-refractivity contribution in [1.82, 2.24) is 15.3 Å². The summed E-state index contributed by atoms with van der Waals surface area (Å²) in [5.74, 6) is 0.881. The van der Waals surface area contributed by atoms with Crippen LogP contribution in [0.2, 0.25) is 0 Å². The number of halogens is 1. The Labute approximate surface area is 115 Å². The number of imidazole rings is 1. The van der Waals surface area contributed by atoms with Crippen LogP contribution in [0.3, 0.4) is 0 Å². The topological polar surface area (TPSA) is 49.9 Å². The van der Waals surface area contributed by atoms with Crippen molar-refractivity contribution in [3.05, 3.63) is 40.6 Å². The Morgan fingerprint density at radius 1 is 1.39 bits per heavy atom. The molecule has 0 bridgehead atoms. The smallest absolute Gasteiger partial charge is 0.138 e. The van der Waals surface area contributed by atoms with Gasteiger partial charge in [0, 0.05) is 42.1 Å². The number of nitrogens with one attached hydrogen (secondary N) is 2. The highest BCUT2D eigenvalue weighted by molar-refractivity contribution is 9.10. The highest BCUT2D eigenvalue weighted by Crippen LogP contribution is 2.25. The molecule has 0 saturated carbocycles. The predicted molar refractivity (Wildman–Crippen MR) is 75.3 cm³/mol. The van der Waals surface area contributed by atoms with Crippen LogP contribution in [-0.4, -0.2) is 30.2 Å². The van der Waals surface area contributed by atoms with Gasteiger partial charge in [0.2, 0.25) is 0 Å². The minimum atomic E-state index is 0.714. The molecule has 1 aromatic carbocycles. The van der Waals surface area contributed by atoms with Gasteiger partial charge >= 0.3 is 0 Å². The van der Waals surface area contributed by atoms with E-state index in [0.717, 1.165) is 34.6 Å². The maximum absolute atomic E-state index is 4.98. The number of benzene rings is 1. The fourth-order valence-electron chi connectivity index (χ4n) is 1.64. The number of hydrogen-bond donors (Lipinski definition) is 2. The van der Waals surface area contributed by atoms with Crippen molar-refractivity contribution in [2.45, 2.75) is 6.54 Å². The van der Waals surface area contributed by atoms with Crippen LogP contribution in [-0.2, 0) is 11.3 Å². The van der Waals surface area contributed by atoms with Crippen molar-refractivity contribution in [2.24, 2.45) is 0 Å². The van der Waals surface area contributed by atoms with Crippen LogP contribution in [0.1, 0.15) is 5.69 Å². The molecule has 0 aliphatic heterocycles. The summed E-state index contributed by atoms with van der Waals surface area (Å²) in [4.78, 5) is 7.69. The molecule has 0 fully saturated rings. The highest BCUT2D eigenvalue weighted by atomic mass is 79.9. The van der Waals surface area contributed by atoms with Gasteiger partial charge in [0.15, 0.2) is 0 Å². The fourth-order valence-corrected chi connectivity index (χ4v) is 2.11. The Hall–Kier alpha value is -1.17. The maximum atomic E-state index is 4.98. The Bertz CT molecular complexity index is 498. The molecule has 2 N–H and O–H groups in total. The van der Waals surface area contributed by atoms with E-state index in [1.165, 1.54) is 0 Å². The van der Waals surface area contributed by atoms with Crippen molar-refractivity contribution < 1.29 is 4.74 Å². The normalized spacial score (nSPS) is 10.8. The minimum Gasteiger partial charge on any atom is -0.383 e. The second-order valence-corrected chi connectivity index (χ2v) is 4.76. The van der Waals surface area contributed by atoms with Crippen LogP contribution in [0.15, 0.2) is 34.9 Å². The van der Waals surface area contributed by atoms with Gasteiger partial charge in [0.25, 0.3) is 0 Å². The number of rotatable bonds is 6. The monoisotopic (exact) mass is 309 g/mol. The van der Waals surface area contributed by atoms with Crippen LogP contribution in [0.25, 0.3) is 11.4 Å². The van der Waals surface area contributed by atoms with Gasteiger partial charge in [-0.15, -0.1) is 0 Å². The first kappa shape index (κ1) is 13.3. The Morgan fingerprint density at radius 3 is 3.00 bits per heavy atom. The molecule has 1 aromatic heterocycles. The van der Waals surface area contributed by atoms with E-state index in [1.54, 1.807) is 7.11 Å². The zero-order valence-corrected chi connectivity index (χ0v) is 11.8. The van der Waals surface area contributed by atoms with Gasteiger partial charge in [-0.05, 0) is 6.07 Å². The molecule has 4 nitrogen and oxygen atoms in total. The summed E-state index contributed by atoms with van der Waals surface area (Å²) < 4.78 is 6.02. The molecule has 96 valence electrons. The molecule has 5 heteroatoms. The molecular formula is C13H16BrN3O. The number of methoxy groups -OCH3 is 1. The zero-order chi connectivity index (χ0) is 12.8. The van der Waals surface area contributed by atoms with Gasteiger partial charge in [-0.2, -0.15) is 0 Å². The molecule has 0 saturated heterocycles. The molecule has 0 spiro atoms. The summed E-state index contributed by atoms with van der Waals surface area (Å²) in [6.07, 6.45) is 1.86. The van der Waals surface area contributed by atoms with Gasteiger partial charge in [-0.3, -0.25) is 0 Å². The van der Waals surface area contributed by atoms with Gasteiger partial charge in [-0.25, -0.2) is 4.98 Å². The highest BCUT2D eigenvalue weighted by Gasteiger charge is 2.06. The van der Waals surface area contributed by atoms with Crippen molar-refractivity contribution in [3.63, 3.8) is 0 Å². The number of aromatic amines is 1. The zero-order valence-electron chi connectivity index (χ0n) is 10.2. The third kappa shape index (κ3) is 3.41. The van der Waals surface area contributed by atoms with Crippen LogP contribution in [0, 0.1) is 0 Å². The van der Waals surface area contributed by atoms with E-state index in [1.807, 2.05) is 30.5 Å². The first-order valence-electron chi connectivity index (χ1n) is 5.79. The SMILES string of the molecule is COCCNCc1cnc(-c2ccccc2Br)[nH]1. The number of ether oxygens (including phenoxy) is 1. The number of H-pyrrole nitrogens is 1. The summed E-state index contributed by atoms with van der Waals surface area (Å²) in [7, 11) is 1.70. The molecule has 18 heavy (non-hydrogen) atoms. The van der Waals surface area contributed by atoms with E-state index in [9.17, 15) is 0 Å². The van der Waals surface area contributed by atoms with Crippen molar-refractivity contribution in [3.8, 4) is 11.4 Å². The molecule has 0 amide bonds. The lowest BCUT2D eigenvalue weighted by Gasteiger charge is -2.02. The summed E-state index contributed by atoms with van der Waals surface area (Å²) >= 11 is 3.52. The van der Waals surface area contributed by atoms with Crippen LogP contribution in [0.5, 0.6) is 0 Å². The number of nitrogens with zero attached hydrogens (tertiary/aromatic N) is 1. The standard InChI is InChI=1S/C13H16BrN3O/c1-18-7-6-15-8-10-9-16-13(17-10)11-4-2-3-5-12(11)14/h2-5,9,15H,6-8H2,1H3,(H,16,17). The summed E-state index contributed by atoms with van der Waals surface area (Å²) in [5, 5.41) is 3.27. The van der Waals surface area contributed by atoms with Gasteiger partial charge in [0.05, 0.1) is 6.61 Å². The third-order valence-electron chi connectivity index (χ3n) is 2.56. The van der Waals surface area contributed by atoms with Gasteiger partial charge in [0.1, 0.15) is 5.82 Å². The average Bonchev–Trinajstić information content (AvgIpc) is 2.84. The fraction of sp³-hybridized carbons (Fsp3) is 0.308. The molecule has 0 unspecified atom stereocenters. The summed E-state index contributed by atoms with van der Waals surface area (Å²) in [6.45, 7) is 2.31. The molecule has 0 radical (unpaired) electrons. The Balaban J connectivity index is 2.00. The van der Waals surface area contributed by atoms with Crippen LogP contribution in [0.4, 0.5) is 0 Å². The van der Waals surface area contributed by atoms with Gasteiger partial charge in [-0.1, -0.05) is 34.1 Å². The first-order valence-corrected chi connectivity index (χ1v) is 6.59. The second-order valence-electron chi connectivity index (χ2n) is 3.91. The molecule has 0 aliphatic carbocycles. The summed E-state index contributed by atoms with van der Waals surface area (Å²) in [5.41, 5.74) is 2.14. The average molecular weight is 310 g/mol. The van der Waals surface area contributed by atoms with E-state index in [0.29, 0.717) is 6.61 Å².